The molecule has 0 unspecified atom stereocenters. The van der Waals surface area contributed by atoms with Gasteiger partial charge in [-0.25, -0.2) is 0 Å². The number of nitrogens with one attached hydrogen (secondary N) is 4. The number of hydrogen-bond acceptors (Lipinski definition) is 5. The lowest BCUT2D eigenvalue weighted by atomic mass is 9.99. The molecule has 34 heavy (non-hydrogen) atoms. The zero-order valence-electron chi connectivity index (χ0n) is 18.7. The van der Waals surface area contributed by atoms with Crippen LogP contribution in [-0.4, -0.2) is 31.8 Å². The van der Waals surface area contributed by atoms with Crippen molar-refractivity contribution < 1.29 is 9.59 Å². The summed E-state index contributed by atoms with van der Waals surface area (Å²) in [7, 11) is 1.77. The number of aromatic nitrogens is 4. The van der Waals surface area contributed by atoms with Gasteiger partial charge in [0.15, 0.2) is 0 Å². The van der Waals surface area contributed by atoms with Gasteiger partial charge in [0.05, 0.1) is 23.0 Å². The van der Waals surface area contributed by atoms with Crippen LogP contribution in [0.1, 0.15) is 32.7 Å². The lowest BCUT2D eigenvalue weighted by Gasteiger charge is -2.08. The molecule has 0 atom stereocenters. The van der Waals surface area contributed by atoms with E-state index >= 15 is 0 Å². The number of benzene rings is 2. The average molecular weight is 454 g/mol. The predicted molar refractivity (Wildman–Crippen MR) is 130 cm³/mol. The standard InChI is InChI=1S/C25H23N7O2/c1-15-8-23(31-30-15)26-13-21-20-11-17(6-7-22(20)29-25(21)34)9-16-4-3-5-19(10-16)28-24(33)18-12-27-32(2)14-18/h3-8,10-14H,9H2,1-2H3,(H,28,33)(H,29,34)(H2,26,30,31)/b21-13-. The molecule has 170 valence electrons. The fourth-order valence-electron chi connectivity index (χ4n) is 3.87. The highest BCUT2D eigenvalue weighted by atomic mass is 16.2. The molecule has 0 saturated heterocycles. The minimum Gasteiger partial charge on any atom is -0.346 e. The second kappa shape index (κ2) is 8.70. The molecule has 4 N–H and O–H groups in total. The van der Waals surface area contributed by atoms with E-state index in [2.05, 4.69) is 31.2 Å². The van der Waals surface area contributed by atoms with Crippen LogP contribution >= 0.6 is 0 Å². The summed E-state index contributed by atoms with van der Waals surface area (Å²) in [5.41, 5.74) is 6.34. The number of carbonyl (C=O) groups excluding carboxylic acids is 2. The van der Waals surface area contributed by atoms with Gasteiger partial charge >= 0.3 is 0 Å². The number of aryl methyl sites for hydroxylation is 2. The van der Waals surface area contributed by atoms with E-state index in [0.717, 1.165) is 28.1 Å². The van der Waals surface area contributed by atoms with Crippen LogP contribution in [0.2, 0.25) is 0 Å². The maximum atomic E-state index is 12.5. The fourth-order valence-corrected chi connectivity index (χ4v) is 3.87. The van der Waals surface area contributed by atoms with Gasteiger partial charge in [0.2, 0.25) is 0 Å². The van der Waals surface area contributed by atoms with Crippen molar-refractivity contribution in [3.8, 4) is 0 Å². The van der Waals surface area contributed by atoms with Crippen molar-refractivity contribution >= 4 is 34.6 Å². The first-order valence-corrected chi connectivity index (χ1v) is 10.8. The maximum absolute atomic E-state index is 12.5. The highest BCUT2D eigenvalue weighted by molar-refractivity contribution is 6.31. The molecular weight excluding hydrogens is 430 g/mol. The first kappa shape index (κ1) is 21.2. The lowest BCUT2D eigenvalue weighted by molar-refractivity contribution is -0.110. The summed E-state index contributed by atoms with van der Waals surface area (Å²) >= 11 is 0. The third kappa shape index (κ3) is 4.44. The van der Waals surface area contributed by atoms with Gasteiger partial charge in [-0.1, -0.05) is 18.2 Å². The van der Waals surface area contributed by atoms with Gasteiger partial charge in [0.1, 0.15) is 5.82 Å². The molecule has 2 amide bonds. The van der Waals surface area contributed by atoms with Crippen molar-refractivity contribution in [1.82, 2.24) is 20.0 Å². The number of aromatic amines is 1. The van der Waals surface area contributed by atoms with Crippen LogP contribution in [0.25, 0.3) is 5.57 Å². The van der Waals surface area contributed by atoms with E-state index in [1.165, 1.54) is 6.20 Å². The van der Waals surface area contributed by atoms with Crippen LogP contribution < -0.4 is 16.0 Å². The number of anilines is 3. The largest absolute Gasteiger partial charge is 0.346 e. The molecule has 5 rings (SSSR count). The summed E-state index contributed by atoms with van der Waals surface area (Å²) in [5, 5.41) is 19.9. The molecule has 0 spiro atoms. The molecule has 9 nitrogen and oxygen atoms in total. The van der Waals surface area contributed by atoms with Crippen molar-refractivity contribution in [1.29, 1.82) is 0 Å². The molecule has 1 aliphatic rings. The topological polar surface area (TPSA) is 117 Å². The molecule has 2 aromatic carbocycles. The Labute approximate surface area is 195 Å². The quantitative estimate of drug-likeness (QED) is 0.332. The second-order valence-electron chi connectivity index (χ2n) is 8.19. The number of H-pyrrole nitrogens is 1. The van der Waals surface area contributed by atoms with E-state index in [4.69, 9.17) is 0 Å². The number of rotatable bonds is 6. The zero-order valence-corrected chi connectivity index (χ0v) is 18.7. The van der Waals surface area contributed by atoms with Crippen molar-refractivity contribution in [2.24, 2.45) is 7.05 Å². The Morgan fingerprint density at radius 1 is 1.15 bits per heavy atom. The Balaban J connectivity index is 1.33. The van der Waals surface area contributed by atoms with Gasteiger partial charge in [0.25, 0.3) is 11.8 Å². The molecule has 0 bridgehead atoms. The third-order valence-electron chi connectivity index (χ3n) is 5.51. The van der Waals surface area contributed by atoms with E-state index in [-0.39, 0.29) is 11.8 Å². The molecule has 3 heterocycles. The van der Waals surface area contributed by atoms with Gasteiger partial charge in [-0.2, -0.15) is 10.2 Å². The van der Waals surface area contributed by atoms with E-state index in [1.54, 1.807) is 24.1 Å². The number of amides is 2. The Bertz CT molecular complexity index is 1430. The Morgan fingerprint density at radius 2 is 2.00 bits per heavy atom. The van der Waals surface area contributed by atoms with Gasteiger partial charge in [-0.15, -0.1) is 0 Å². The second-order valence-corrected chi connectivity index (χ2v) is 8.19. The van der Waals surface area contributed by atoms with E-state index < -0.39 is 0 Å². The lowest BCUT2D eigenvalue weighted by Crippen LogP contribution is -2.11. The normalized spacial score (nSPS) is 13.6. The average Bonchev–Trinajstić information content (AvgIpc) is 3.51. The van der Waals surface area contributed by atoms with Crippen molar-refractivity contribution in [3.05, 3.63) is 95.1 Å². The summed E-state index contributed by atoms with van der Waals surface area (Å²) < 4.78 is 1.59. The van der Waals surface area contributed by atoms with E-state index in [1.807, 2.05) is 55.5 Å². The summed E-state index contributed by atoms with van der Waals surface area (Å²) in [4.78, 5) is 24.9. The first-order chi connectivity index (χ1) is 16.4. The molecular formula is C25H23N7O2. The highest BCUT2D eigenvalue weighted by Crippen LogP contribution is 2.33. The van der Waals surface area contributed by atoms with Crippen molar-refractivity contribution in [2.75, 3.05) is 16.0 Å². The van der Waals surface area contributed by atoms with E-state index in [9.17, 15) is 9.59 Å². The smallest absolute Gasteiger partial charge is 0.258 e. The fraction of sp³-hybridized carbons (Fsp3) is 0.120. The number of carbonyl (C=O) groups is 2. The minimum absolute atomic E-state index is 0.156. The van der Waals surface area contributed by atoms with Gasteiger partial charge in [-0.3, -0.25) is 19.4 Å². The van der Waals surface area contributed by atoms with Crippen LogP contribution in [0, 0.1) is 6.92 Å². The molecule has 1 aliphatic heterocycles. The van der Waals surface area contributed by atoms with Gasteiger partial charge in [0, 0.05) is 42.4 Å². The van der Waals surface area contributed by atoms with Crippen molar-refractivity contribution in [2.45, 2.75) is 13.3 Å². The zero-order chi connectivity index (χ0) is 23.7. The minimum atomic E-state index is -0.206. The van der Waals surface area contributed by atoms with Crippen LogP contribution in [-0.2, 0) is 18.3 Å². The van der Waals surface area contributed by atoms with Crippen LogP contribution in [0.3, 0.4) is 0 Å². The van der Waals surface area contributed by atoms with Crippen LogP contribution in [0.4, 0.5) is 17.2 Å². The molecule has 2 aromatic heterocycles. The van der Waals surface area contributed by atoms with Gasteiger partial charge < -0.3 is 16.0 Å². The number of hydrogen-bond donors (Lipinski definition) is 4. The Morgan fingerprint density at radius 3 is 2.76 bits per heavy atom. The first-order valence-electron chi connectivity index (χ1n) is 10.8. The SMILES string of the molecule is Cc1cc(N/C=C2\C(=O)Nc3ccc(Cc4cccc(NC(=O)c5cnn(C)c5)c4)cc32)[nH]n1. The molecule has 0 saturated carbocycles. The summed E-state index contributed by atoms with van der Waals surface area (Å²) in [6, 6.07) is 15.5. The molecule has 0 aliphatic carbocycles. The Hall–Kier alpha value is -4.66. The molecule has 0 radical (unpaired) electrons. The summed E-state index contributed by atoms with van der Waals surface area (Å²) in [6.07, 6.45) is 5.55. The monoisotopic (exact) mass is 453 g/mol. The molecule has 4 aromatic rings. The van der Waals surface area contributed by atoms with Crippen LogP contribution in [0.5, 0.6) is 0 Å². The maximum Gasteiger partial charge on any atom is 0.258 e. The summed E-state index contributed by atoms with van der Waals surface area (Å²) in [6.45, 7) is 1.89. The molecule has 0 fully saturated rings. The predicted octanol–water partition coefficient (Wildman–Crippen LogP) is 3.70. The number of fused-ring (bicyclic) bond motifs is 1. The van der Waals surface area contributed by atoms with Crippen molar-refractivity contribution in [3.63, 3.8) is 0 Å². The molecule has 9 heteroatoms. The third-order valence-corrected chi connectivity index (χ3v) is 5.51. The van der Waals surface area contributed by atoms with Crippen LogP contribution in [0.15, 0.2) is 67.1 Å². The van der Waals surface area contributed by atoms with E-state index in [0.29, 0.717) is 29.1 Å². The number of nitrogens with zero attached hydrogens (tertiary/aromatic N) is 3. The van der Waals surface area contributed by atoms with Gasteiger partial charge in [-0.05, 0) is 48.7 Å². The summed E-state index contributed by atoms with van der Waals surface area (Å²) in [5.74, 6) is 0.352. The highest BCUT2D eigenvalue weighted by Gasteiger charge is 2.24. The Kier molecular flexibility index (Phi) is 5.43.